The van der Waals surface area contributed by atoms with Gasteiger partial charge in [-0.3, -0.25) is 0 Å². The summed E-state index contributed by atoms with van der Waals surface area (Å²) in [6.45, 7) is -1.38. The first-order valence-corrected chi connectivity index (χ1v) is 4.21. The molecule has 15 heavy (non-hydrogen) atoms. The Hall–Kier alpha value is -1.15. The van der Waals surface area contributed by atoms with Gasteiger partial charge in [-0.2, -0.15) is 18.2 Å². The number of hydrogen-bond donors (Lipinski definition) is 2. The molecule has 0 saturated heterocycles. The highest BCUT2D eigenvalue weighted by Gasteiger charge is 2.26. The molecule has 1 rings (SSSR count). The van der Waals surface area contributed by atoms with Crippen LogP contribution in [-0.2, 0) is 13.0 Å². The van der Waals surface area contributed by atoms with E-state index in [1.165, 1.54) is 0 Å². The van der Waals surface area contributed by atoms with Gasteiger partial charge in [0, 0.05) is 6.42 Å². The van der Waals surface area contributed by atoms with Crippen molar-refractivity contribution in [3.63, 3.8) is 0 Å². The molecule has 0 aliphatic rings. The molecule has 0 bridgehead atoms. The predicted molar refractivity (Wildman–Crippen MR) is 42.8 cm³/mol. The number of aliphatic hydroxyl groups excluding tert-OH is 1. The standard InChI is InChI=1S/C7H10F3N3O2/c8-7(9,10)4-11-3-6-12-5(1-2-14)13-15-6/h11,14H,1-4H2. The Bertz CT molecular complexity index is 300. The summed E-state index contributed by atoms with van der Waals surface area (Å²) in [6.07, 6.45) is -4.03. The maximum absolute atomic E-state index is 11.7. The van der Waals surface area contributed by atoms with E-state index < -0.39 is 12.7 Å². The van der Waals surface area contributed by atoms with E-state index in [0.717, 1.165) is 0 Å². The average molecular weight is 225 g/mol. The Balaban J connectivity index is 2.31. The van der Waals surface area contributed by atoms with Crippen LogP contribution in [0.15, 0.2) is 4.52 Å². The van der Waals surface area contributed by atoms with Crippen molar-refractivity contribution in [2.75, 3.05) is 13.2 Å². The van der Waals surface area contributed by atoms with E-state index in [0.29, 0.717) is 0 Å². The van der Waals surface area contributed by atoms with Crippen LogP contribution in [0.4, 0.5) is 13.2 Å². The molecule has 0 aliphatic carbocycles. The van der Waals surface area contributed by atoms with Gasteiger partial charge in [-0.05, 0) is 0 Å². The Morgan fingerprint density at radius 1 is 1.40 bits per heavy atom. The lowest BCUT2D eigenvalue weighted by Gasteiger charge is -2.05. The first-order valence-electron chi connectivity index (χ1n) is 4.21. The minimum absolute atomic E-state index is 0.0719. The van der Waals surface area contributed by atoms with E-state index in [1.54, 1.807) is 0 Å². The Morgan fingerprint density at radius 3 is 2.73 bits per heavy atom. The van der Waals surface area contributed by atoms with E-state index in [4.69, 9.17) is 5.11 Å². The van der Waals surface area contributed by atoms with Gasteiger partial charge in [0.2, 0.25) is 5.89 Å². The van der Waals surface area contributed by atoms with Crippen LogP contribution in [0.25, 0.3) is 0 Å². The lowest BCUT2D eigenvalue weighted by Crippen LogP contribution is -2.28. The van der Waals surface area contributed by atoms with Gasteiger partial charge in [0.05, 0.1) is 19.7 Å². The fourth-order valence-electron chi connectivity index (χ4n) is 0.875. The second-order valence-electron chi connectivity index (χ2n) is 2.80. The number of aliphatic hydroxyl groups is 1. The van der Waals surface area contributed by atoms with Crippen LogP contribution in [0, 0.1) is 0 Å². The molecule has 5 nitrogen and oxygen atoms in total. The molecule has 0 fully saturated rings. The summed E-state index contributed by atoms with van der Waals surface area (Å²) in [5.74, 6) is 0.351. The van der Waals surface area contributed by atoms with E-state index in [9.17, 15) is 13.2 Å². The Morgan fingerprint density at radius 2 is 2.13 bits per heavy atom. The second kappa shape index (κ2) is 5.08. The molecular formula is C7H10F3N3O2. The summed E-state index contributed by atoms with van der Waals surface area (Å²) in [5, 5.41) is 14.1. The average Bonchev–Trinajstić information content (AvgIpc) is 2.51. The zero-order chi connectivity index (χ0) is 11.3. The van der Waals surface area contributed by atoms with Gasteiger partial charge in [0.1, 0.15) is 0 Å². The summed E-state index contributed by atoms with van der Waals surface area (Å²) in [6, 6.07) is 0. The molecule has 0 unspecified atom stereocenters. The van der Waals surface area contributed by atoms with Crippen molar-refractivity contribution >= 4 is 0 Å². The molecule has 0 aliphatic heterocycles. The third kappa shape index (κ3) is 4.75. The Kier molecular flexibility index (Phi) is 4.04. The highest BCUT2D eigenvalue weighted by molar-refractivity contribution is 4.86. The first kappa shape index (κ1) is 11.9. The van der Waals surface area contributed by atoms with E-state index >= 15 is 0 Å². The van der Waals surface area contributed by atoms with Gasteiger partial charge in [0.15, 0.2) is 5.82 Å². The number of nitrogens with zero attached hydrogens (tertiary/aromatic N) is 2. The van der Waals surface area contributed by atoms with Crippen LogP contribution in [0.1, 0.15) is 11.7 Å². The van der Waals surface area contributed by atoms with Crippen LogP contribution in [0.5, 0.6) is 0 Å². The van der Waals surface area contributed by atoms with Crippen molar-refractivity contribution in [3.8, 4) is 0 Å². The highest BCUT2D eigenvalue weighted by Crippen LogP contribution is 2.12. The van der Waals surface area contributed by atoms with Gasteiger partial charge < -0.3 is 14.9 Å². The lowest BCUT2D eigenvalue weighted by molar-refractivity contribution is -0.125. The van der Waals surface area contributed by atoms with Crippen LogP contribution in [0.3, 0.4) is 0 Å². The topological polar surface area (TPSA) is 71.2 Å². The van der Waals surface area contributed by atoms with Crippen molar-refractivity contribution in [1.82, 2.24) is 15.5 Å². The summed E-state index contributed by atoms with van der Waals surface area (Å²) >= 11 is 0. The maximum Gasteiger partial charge on any atom is 0.401 e. The van der Waals surface area contributed by atoms with Gasteiger partial charge in [-0.15, -0.1) is 0 Å². The molecule has 0 saturated carbocycles. The van der Waals surface area contributed by atoms with Gasteiger partial charge in [-0.1, -0.05) is 5.16 Å². The molecule has 2 N–H and O–H groups in total. The third-order valence-electron chi connectivity index (χ3n) is 1.45. The fourth-order valence-corrected chi connectivity index (χ4v) is 0.875. The lowest BCUT2D eigenvalue weighted by atomic mass is 10.4. The van der Waals surface area contributed by atoms with E-state index in [1.807, 2.05) is 0 Å². The van der Waals surface area contributed by atoms with Crippen LogP contribution in [-0.4, -0.2) is 34.6 Å². The molecule has 1 aromatic heterocycles. The summed E-state index contributed by atoms with van der Waals surface area (Å²) in [4.78, 5) is 3.75. The van der Waals surface area contributed by atoms with E-state index in [2.05, 4.69) is 20.0 Å². The molecule has 0 amide bonds. The van der Waals surface area contributed by atoms with Gasteiger partial charge >= 0.3 is 6.18 Å². The Labute approximate surface area is 83.3 Å². The molecular weight excluding hydrogens is 215 g/mol. The molecule has 0 atom stereocenters. The van der Waals surface area contributed by atoms with Crippen LogP contribution in [0.2, 0.25) is 0 Å². The minimum atomic E-state index is -4.26. The molecule has 0 radical (unpaired) electrons. The second-order valence-corrected chi connectivity index (χ2v) is 2.80. The quantitative estimate of drug-likeness (QED) is 0.751. The molecule has 0 spiro atoms. The normalized spacial score (nSPS) is 12.0. The number of alkyl halides is 3. The summed E-state index contributed by atoms with van der Waals surface area (Å²) in [5.41, 5.74) is 0. The van der Waals surface area contributed by atoms with Crippen LogP contribution < -0.4 is 5.32 Å². The molecule has 0 aromatic carbocycles. The number of rotatable bonds is 5. The summed E-state index contributed by atoms with van der Waals surface area (Å²) < 4.78 is 39.8. The molecule has 1 heterocycles. The third-order valence-corrected chi connectivity index (χ3v) is 1.45. The van der Waals surface area contributed by atoms with E-state index in [-0.39, 0.29) is 31.3 Å². The van der Waals surface area contributed by atoms with Crippen molar-refractivity contribution < 1.29 is 22.8 Å². The maximum atomic E-state index is 11.7. The number of aromatic nitrogens is 2. The predicted octanol–water partition coefficient (Wildman–Crippen LogP) is 0.256. The number of nitrogens with one attached hydrogen (secondary N) is 1. The number of halogens is 3. The van der Waals surface area contributed by atoms with Crippen molar-refractivity contribution in [1.29, 1.82) is 0 Å². The van der Waals surface area contributed by atoms with Gasteiger partial charge in [-0.25, -0.2) is 0 Å². The van der Waals surface area contributed by atoms with Crippen LogP contribution >= 0.6 is 0 Å². The van der Waals surface area contributed by atoms with Crippen molar-refractivity contribution in [2.45, 2.75) is 19.1 Å². The number of hydrogen-bond acceptors (Lipinski definition) is 5. The molecule has 8 heteroatoms. The monoisotopic (exact) mass is 225 g/mol. The largest absolute Gasteiger partial charge is 0.401 e. The minimum Gasteiger partial charge on any atom is -0.396 e. The zero-order valence-corrected chi connectivity index (χ0v) is 7.71. The SMILES string of the molecule is OCCc1noc(CNCC(F)(F)F)n1. The molecule has 86 valence electrons. The zero-order valence-electron chi connectivity index (χ0n) is 7.71. The highest BCUT2D eigenvalue weighted by atomic mass is 19.4. The van der Waals surface area contributed by atoms with Crippen molar-refractivity contribution in [3.05, 3.63) is 11.7 Å². The van der Waals surface area contributed by atoms with Gasteiger partial charge in [0.25, 0.3) is 0 Å². The van der Waals surface area contributed by atoms with Crippen molar-refractivity contribution in [2.24, 2.45) is 0 Å². The molecule has 1 aromatic rings. The fraction of sp³-hybridized carbons (Fsp3) is 0.714. The summed E-state index contributed by atoms with van der Waals surface area (Å²) in [7, 11) is 0. The smallest absolute Gasteiger partial charge is 0.396 e. The first-order chi connectivity index (χ1) is 7.01.